The van der Waals surface area contributed by atoms with E-state index < -0.39 is 47.4 Å². The van der Waals surface area contributed by atoms with E-state index in [9.17, 15) is 32.3 Å². The Morgan fingerprint density at radius 1 is 1.21 bits per heavy atom. The third-order valence-corrected chi connectivity index (χ3v) is 7.45. The van der Waals surface area contributed by atoms with Gasteiger partial charge in [-0.2, -0.15) is 13.2 Å². The molecule has 1 aromatic heterocycles. The van der Waals surface area contributed by atoms with Gasteiger partial charge in [-0.25, -0.2) is 14.2 Å². The first-order chi connectivity index (χ1) is 20.2. The SMILES string of the molecule is CC1(N)COc2c1cc(C(O)(CNC(=O)c1cc3c(c(OC4CC4)c1)OC(=O)NC3)C(F)(F)F)nc2-c1ccc(F)cc1. The number of benzene rings is 2. The van der Waals surface area contributed by atoms with E-state index in [-0.39, 0.29) is 58.9 Å². The summed E-state index contributed by atoms with van der Waals surface area (Å²) < 4.78 is 74.1. The Morgan fingerprint density at radius 3 is 2.60 bits per heavy atom. The lowest BCUT2D eigenvalue weighted by Gasteiger charge is -2.31. The minimum atomic E-state index is -5.31. The van der Waals surface area contributed by atoms with Crippen molar-refractivity contribution in [3.05, 3.63) is 70.7 Å². The molecule has 2 unspecified atom stereocenters. The van der Waals surface area contributed by atoms with Crippen LogP contribution in [0.1, 0.15) is 46.9 Å². The van der Waals surface area contributed by atoms with Gasteiger partial charge in [0.2, 0.25) is 5.60 Å². The number of fused-ring (bicyclic) bond motifs is 2. The molecule has 3 aromatic rings. The fraction of sp³-hybridized carbons (Fsp3) is 0.345. The molecule has 2 aliphatic heterocycles. The highest BCUT2D eigenvalue weighted by molar-refractivity contribution is 5.95. The summed E-state index contributed by atoms with van der Waals surface area (Å²) in [6, 6.07) is 8.49. The zero-order chi connectivity index (χ0) is 30.7. The van der Waals surface area contributed by atoms with Crippen LogP contribution in [0, 0.1) is 5.82 Å². The molecule has 0 bridgehead atoms. The highest BCUT2D eigenvalue weighted by Crippen LogP contribution is 2.46. The maximum absolute atomic E-state index is 14.6. The number of nitrogens with two attached hydrogens (primary N) is 1. The van der Waals surface area contributed by atoms with Crippen LogP contribution in [-0.4, -0.2) is 47.5 Å². The molecule has 3 aliphatic rings. The van der Waals surface area contributed by atoms with Crippen LogP contribution in [0.3, 0.4) is 0 Å². The number of pyridine rings is 1. The first-order valence-electron chi connectivity index (χ1n) is 13.4. The van der Waals surface area contributed by atoms with Crippen LogP contribution >= 0.6 is 0 Å². The van der Waals surface area contributed by atoms with Gasteiger partial charge in [-0.1, -0.05) is 0 Å². The average molecular weight is 603 g/mol. The number of aromatic nitrogens is 1. The largest absolute Gasteiger partial charge is 0.489 e. The van der Waals surface area contributed by atoms with Crippen molar-refractivity contribution in [2.45, 2.75) is 49.7 Å². The summed E-state index contributed by atoms with van der Waals surface area (Å²) in [4.78, 5) is 29.1. The standard InChI is InChI=1S/C29H26F4N4O6/c1-27(34)13-41-24-19(27)10-21(37-22(24)14-2-4-17(30)5-3-14)28(40,29(31,32)33)12-36-25(38)15-8-16-11-35-26(39)43-23(16)20(9-15)42-18-6-7-18/h2-5,8-10,18,40H,6-7,11-13,34H2,1H3,(H,35,39)(H,36,38). The second kappa shape index (κ2) is 10.1. The molecule has 2 aromatic carbocycles. The molecule has 0 spiro atoms. The quantitative estimate of drug-likeness (QED) is 0.299. The maximum Gasteiger partial charge on any atom is 0.424 e. The number of hydrogen-bond acceptors (Lipinski definition) is 8. The van der Waals surface area contributed by atoms with Gasteiger partial charge < -0.3 is 35.7 Å². The van der Waals surface area contributed by atoms with Crippen molar-refractivity contribution in [3.63, 3.8) is 0 Å². The molecule has 226 valence electrons. The highest BCUT2D eigenvalue weighted by atomic mass is 19.4. The second-order valence-electron chi connectivity index (χ2n) is 11.0. The van der Waals surface area contributed by atoms with Crippen molar-refractivity contribution in [2.75, 3.05) is 13.2 Å². The van der Waals surface area contributed by atoms with Crippen LogP contribution in [0.2, 0.25) is 0 Å². The summed E-state index contributed by atoms with van der Waals surface area (Å²) in [7, 11) is 0. The zero-order valence-corrected chi connectivity index (χ0v) is 22.7. The fourth-order valence-corrected chi connectivity index (χ4v) is 4.85. The number of hydrogen-bond donors (Lipinski definition) is 4. The molecule has 2 amide bonds. The number of rotatable bonds is 7. The van der Waals surface area contributed by atoms with E-state index in [2.05, 4.69) is 15.6 Å². The van der Waals surface area contributed by atoms with E-state index >= 15 is 0 Å². The van der Waals surface area contributed by atoms with E-state index in [1.165, 1.54) is 24.3 Å². The Bertz CT molecular complexity index is 1620. The lowest BCUT2D eigenvalue weighted by molar-refractivity contribution is -0.265. The molecule has 6 rings (SSSR count). The van der Waals surface area contributed by atoms with Crippen molar-refractivity contribution >= 4 is 12.0 Å². The Morgan fingerprint density at radius 2 is 1.93 bits per heavy atom. The van der Waals surface area contributed by atoms with E-state index in [0.717, 1.165) is 31.0 Å². The normalized spacial score (nSPS) is 20.6. The first-order valence-corrected chi connectivity index (χ1v) is 13.4. The minimum absolute atomic E-state index is 0.00787. The molecule has 0 radical (unpaired) electrons. The third kappa shape index (κ3) is 5.31. The molecule has 1 saturated carbocycles. The fourth-order valence-electron chi connectivity index (χ4n) is 4.85. The van der Waals surface area contributed by atoms with Gasteiger partial charge in [0, 0.05) is 28.8 Å². The van der Waals surface area contributed by atoms with Gasteiger partial charge in [-0.05, 0) is 62.2 Å². The van der Waals surface area contributed by atoms with Crippen LogP contribution < -0.4 is 30.6 Å². The summed E-state index contributed by atoms with van der Waals surface area (Å²) in [5.74, 6) is -1.17. The number of aliphatic hydroxyl groups is 1. The van der Waals surface area contributed by atoms with Gasteiger partial charge in [0.1, 0.15) is 18.1 Å². The number of ether oxygens (including phenoxy) is 3. The van der Waals surface area contributed by atoms with Crippen LogP contribution in [0.4, 0.5) is 22.4 Å². The molecule has 0 saturated heterocycles. The summed E-state index contributed by atoms with van der Waals surface area (Å²) >= 11 is 0. The Balaban J connectivity index is 1.36. The Labute approximate surface area is 242 Å². The van der Waals surface area contributed by atoms with Crippen molar-refractivity contribution in [2.24, 2.45) is 5.73 Å². The van der Waals surface area contributed by atoms with Crippen molar-refractivity contribution < 1.29 is 46.5 Å². The maximum atomic E-state index is 14.6. The summed E-state index contributed by atoms with van der Waals surface area (Å²) in [6.45, 7) is 0.175. The van der Waals surface area contributed by atoms with Gasteiger partial charge in [-0.3, -0.25) is 4.79 Å². The monoisotopic (exact) mass is 602 g/mol. The highest BCUT2D eigenvalue weighted by Gasteiger charge is 2.57. The van der Waals surface area contributed by atoms with E-state index in [1.807, 2.05) is 0 Å². The number of carbonyl (C=O) groups is 2. The predicted octanol–water partition coefficient (Wildman–Crippen LogP) is 3.78. The van der Waals surface area contributed by atoms with Crippen molar-refractivity contribution in [1.29, 1.82) is 0 Å². The van der Waals surface area contributed by atoms with Crippen LogP contribution in [0.5, 0.6) is 17.2 Å². The van der Waals surface area contributed by atoms with Crippen molar-refractivity contribution in [1.82, 2.24) is 15.6 Å². The third-order valence-electron chi connectivity index (χ3n) is 7.45. The minimum Gasteiger partial charge on any atom is -0.489 e. The molecular formula is C29H26F4N4O6. The van der Waals surface area contributed by atoms with Crippen LogP contribution in [0.25, 0.3) is 11.3 Å². The number of alkyl halides is 3. The summed E-state index contributed by atoms with van der Waals surface area (Å²) in [5.41, 5.74) is 1.21. The molecule has 14 heteroatoms. The molecule has 43 heavy (non-hydrogen) atoms. The molecule has 5 N–H and O–H groups in total. The molecule has 10 nitrogen and oxygen atoms in total. The van der Waals surface area contributed by atoms with Gasteiger partial charge in [0.05, 0.1) is 23.9 Å². The van der Waals surface area contributed by atoms with E-state index in [0.29, 0.717) is 5.56 Å². The van der Waals surface area contributed by atoms with Gasteiger partial charge >= 0.3 is 12.3 Å². The number of halogens is 4. The molecule has 3 heterocycles. The molecule has 1 fully saturated rings. The van der Waals surface area contributed by atoms with Gasteiger partial charge in [-0.15, -0.1) is 0 Å². The lowest BCUT2D eigenvalue weighted by atomic mass is 9.89. The number of nitrogens with one attached hydrogen (secondary N) is 2. The van der Waals surface area contributed by atoms with Crippen LogP contribution in [0.15, 0.2) is 42.5 Å². The summed E-state index contributed by atoms with van der Waals surface area (Å²) in [5, 5.41) is 15.8. The zero-order valence-electron chi connectivity index (χ0n) is 22.7. The Hall–Kier alpha value is -4.43. The second-order valence-corrected chi connectivity index (χ2v) is 11.0. The first kappa shape index (κ1) is 28.7. The van der Waals surface area contributed by atoms with E-state index in [4.69, 9.17) is 19.9 Å². The molecular weight excluding hydrogens is 576 g/mol. The molecule has 1 aliphatic carbocycles. The number of carbonyl (C=O) groups excluding carboxylic acids is 2. The smallest absolute Gasteiger partial charge is 0.424 e. The Kier molecular flexibility index (Phi) is 6.73. The van der Waals surface area contributed by atoms with Crippen molar-refractivity contribution in [3.8, 4) is 28.5 Å². The van der Waals surface area contributed by atoms with Crippen LogP contribution in [-0.2, 0) is 17.7 Å². The number of amides is 2. The van der Waals surface area contributed by atoms with E-state index in [1.54, 1.807) is 6.92 Å². The average Bonchev–Trinajstić information content (AvgIpc) is 3.72. The lowest BCUT2D eigenvalue weighted by Crippen LogP contribution is -2.51. The molecule has 2 atom stereocenters. The predicted molar refractivity (Wildman–Crippen MR) is 142 cm³/mol. The van der Waals surface area contributed by atoms with Gasteiger partial charge in [0.25, 0.3) is 5.91 Å². The summed E-state index contributed by atoms with van der Waals surface area (Å²) in [6.07, 6.45) is -4.63. The van der Waals surface area contributed by atoms with Gasteiger partial charge in [0.15, 0.2) is 17.2 Å². The number of nitrogens with zero attached hydrogens (tertiary/aromatic N) is 1. The topological polar surface area (TPSA) is 145 Å².